The molecular weight excluding hydrogens is 372 g/mol. The maximum absolute atomic E-state index is 6.30. The fraction of sp³-hybridized carbons (Fsp3) is 0.571. The molecule has 0 spiro atoms. The highest BCUT2D eigenvalue weighted by Gasteiger charge is 2.14. The van der Waals surface area contributed by atoms with Gasteiger partial charge in [0.1, 0.15) is 11.6 Å². The Bertz CT molecular complexity index is 785. The Kier molecular flexibility index (Phi) is 7.71. The summed E-state index contributed by atoms with van der Waals surface area (Å²) >= 11 is 6.30. The molecule has 0 saturated carbocycles. The Morgan fingerprint density at radius 3 is 2.93 bits per heavy atom. The minimum absolute atomic E-state index is 0.725. The van der Waals surface area contributed by atoms with Gasteiger partial charge in [-0.15, -0.1) is 10.2 Å². The van der Waals surface area contributed by atoms with E-state index in [0.717, 1.165) is 73.6 Å². The van der Waals surface area contributed by atoms with Crippen molar-refractivity contribution in [2.75, 3.05) is 20.1 Å². The average molecular weight is 403 g/mol. The van der Waals surface area contributed by atoms with Crippen LogP contribution in [0.1, 0.15) is 49.8 Å². The number of aliphatic imine (C=N–C) groups is 1. The highest BCUT2D eigenvalue weighted by Crippen LogP contribution is 2.17. The predicted octanol–water partition coefficient (Wildman–Crippen LogP) is 3.69. The summed E-state index contributed by atoms with van der Waals surface area (Å²) in [5, 5.41) is 13.0. The quantitative estimate of drug-likeness (QED) is 0.436. The van der Waals surface area contributed by atoms with E-state index in [1.807, 2.05) is 25.2 Å². The summed E-state index contributed by atoms with van der Waals surface area (Å²) < 4.78 is 2.32. The van der Waals surface area contributed by atoms with Crippen molar-refractivity contribution >= 4 is 17.6 Å². The highest BCUT2D eigenvalue weighted by atomic mass is 35.5. The van der Waals surface area contributed by atoms with Crippen LogP contribution in [0.15, 0.2) is 29.3 Å². The van der Waals surface area contributed by atoms with Crippen LogP contribution in [0.3, 0.4) is 0 Å². The molecule has 7 heteroatoms. The third kappa shape index (κ3) is 5.47. The van der Waals surface area contributed by atoms with E-state index < -0.39 is 0 Å². The van der Waals surface area contributed by atoms with Gasteiger partial charge in [0.2, 0.25) is 0 Å². The van der Waals surface area contributed by atoms with Gasteiger partial charge in [-0.05, 0) is 37.8 Å². The number of rotatable bonds is 7. The van der Waals surface area contributed by atoms with Crippen LogP contribution >= 0.6 is 11.6 Å². The molecule has 2 aromatic rings. The van der Waals surface area contributed by atoms with Crippen LogP contribution in [0, 0.1) is 0 Å². The number of hydrogen-bond acceptors (Lipinski definition) is 3. The minimum atomic E-state index is 0.725. The maximum atomic E-state index is 6.30. The molecular formula is C21H31ClN6. The second-order valence-electron chi connectivity index (χ2n) is 7.28. The lowest BCUT2D eigenvalue weighted by Crippen LogP contribution is -2.38. The molecule has 1 aliphatic heterocycles. The van der Waals surface area contributed by atoms with Gasteiger partial charge in [-0.1, -0.05) is 36.2 Å². The fourth-order valence-electron chi connectivity index (χ4n) is 3.58. The molecule has 2 heterocycles. The van der Waals surface area contributed by atoms with E-state index in [1.165, 1.54) is 19.3 Å². The van der Waals surface area contributed by atoms with Crippen LogP contribution in [0.25, 0.3) is 0 Å². The monoisotopic (exact) mass is 402 g/mol. The zero-order valence-electron chi connectivity index (χ0n) is 17.0. The van der Waals surface area contributed by atoms with Crippen molar-refractivity contribution in [3.63, 3.8) is 0 Å². The molecule has 6 nitrogen and oxygen atoms in total. The van der Waals surface area contributed by atoms with Crippen LogP contribution in [0.4, 0.5) is 0 Å². The third-order valence-corrected chi connectivity index (χ3v) is 5.44. The molecule has 152 valence electrons. The zero-order chi connectivity index (χ0) is 19.8. The number of fused-ring (bicyclic) bond motifs is 1. The van der Waals surface area contributed by atoms with Crippen molar-refractivity contribution in [3.8, 4) is 0 Å². The van der Waals surface area contributed by atoms with Crippen molar-refractivity contribution in [3.05, 3.63) is 46.5 Å². The normalized spacial score (nSPS) is 14.5. The minimum Gasteiger partial charge on any atom is -0.357 e. The first-order valence-electron chi connectivity index (χ1n) is 10.3. The van der Waals surface area contributed by atoms with Crippen LogP contribution < -0.4 is 5.32 Å². The van der Waals surface area contributed by atoms with Gasteiger partial charge >= 0.3 is 0 Å². The standard InChI is InChI=1S/C21H31ClN6/c1-3-23-21(27(2)16-17-10-6-7-11-18(17)22)24-14-9-13-20-26-25-19-12-5-4-8-15-28(19)20/h6-7,10-11H,3-5,8-9,12-16H2,1-2H3,(H,23,24). The highest BCUT2D eigenvalue weighted by molar-refractivity contribution is 6.31. The summed E-state index contributed by atoms with van der Waals surface area (Å²) in [4.78, 5) is 6.92. The molecule has 0 fully saturated rings. The van der Waals surface area contributed by atoms with Crippen LogP contribution in [0.2, 0.25) is 5.02 Å². The Labute approximate surface area is 173 Å². The smallest absolute Gasteiger partial charge is 0.193 e. The van der Waals surface area contributed by atoms with Crippen molar-refractivity contribution in [2.45, 2.75) is 58.5 Å². The molecule has 0 radical (unpaired) electrons. The first-order chi connectivity index (χ1) is 13.7. The topological polar surface area (TPSA) is 58.3 Å². The van der Waals surface area contributed by atoms with Crippen LogP contribution in [-0.4, -0.2) is 45.8 Å². The number of nitrogens with one attached hydrogen (secondary N) is 1. The van der Waals surface area contributed by atoms with Crippen LogP contribution in [-0.2, 0) is 25.9 Å². The third-order valence-electron chi connectivity index (χ3n) is 5.07. The summed E-state index contributed by atoms with van der Waals surface area (Å²) in [5.74, 6) is 3.17. The van der Waals surface area contributed by atoms with Crippen molar-refractivity contribution in [1.29, 1.82) is 0 Å². The summed E-state index contributed by atoms with van der Waals surface area (Å²) in [5.41, 5.74) is 1.10. The Morgan fingerprint density at radius 1 is 1.25 bits per heavy atom. The second-order valence-corrected chi connectivity index (χ2v) is 7.69. The molecule has 0 unspecified atom stereocenters. The van der Waals surface area contributed by atoms with Crippen LogP contribution in [0.5, 0.6) is 0 Å². The fourth-order valence-corrected chi connectivity index (χ4v) is 3.77. The molecule has 0 aliphatic carbocycles. The predicted molar refractivity (Wildman–Crippen MR) is 115 cm³/mol. The summed E-state index contributed by atoms with van der Waals surface area (Å²) in [6.45, 7) is 5.47. The molecule has 0 amide bonds. The van der Waals surface area contributed by atoms with E-state index in [0.29, 0.717) is 0 Å². The van der Waals surface area contributed by atoms with Crippen molar-refractivity contribution in [2.24, 2.45) is 4.99 Å². The lowest BCUT2D eigenvalue weighted by Gasteiger charge is -2.22. The molecule has 1 N–H and O–H groups in total. The number of halogens is 1. The summed E-state index contributed by atoms with van der Waals surface area (Å²) in [7, 11) is 2.04. The van der Waals surface area contributed by atoms with Gasteiger partial charge < -0.3 is 14.8 Å². The van der Waals surface area contributed by atoms with Gasteiger partial charge in [0, 0.05) is 51.1 Å². The number of guanidine groups is 1. The first kappa shape index (κ1) is 20.6. The van der Waals surface area contributed by atoms with Gasteiger partial charge in [0.15, 0.2) is 5.96 Å². The summed E-state index contributed by atoms with van der Waals surface area (Å²) in [6, 6.07) is 7.95. The molecule has 28 heavy (non-hydrogen) atoms. The van der Waals surface area contributed by atoms with E-state index in [9.17, 15) is 0 Å². The lowest BCUT2D eigenvalue weighted by molar-refractivity contribution is 0.476. The Morgan fingerprint density at radius 2 is 2.11 bits per heavy atom. The van der Waals surface area contributed by atoms with E-state index in [2.05, 4.69) is 38.0 Å². The van der Waals surface area contributed by atoms with E-state index in [1.54, 1.807) is 0 Å². The average Bonchev–Trinajstić information content (AvgIpc) is 2.92. The molecule has 0 saturated heterocycles. The maximum Gasteiger partial charge on any atom is 0.193 e. The van der Waals surface area contributed by atoms with E-state index in [-0.39, 0.29) is 0 Å². The lowest BCUT2D eigenvalue weighted by atomic mass is 10.2. The van der Waals surface area contributed by atoms with E-state index >= 15 is 0 Å². The Balaban J connectivity index is 1.56. The first-order valence-corrected chi connectivity index (χ1v) is 10.7. The number of nitrogens with zero attached hydrogens (tertiary/aromatic N) is 5. The molecule has 1 aromatic heterocycles. The molecule has 1 aromatic carbocycles. The van der Waals surface area contributed by atoms with E-state index in [4.69, 9.17) is 16.6 Å². The second kappa shape index (κ2) is 10.5. The molecule has 0 atom stereocenters. The van der Waals surface area contributed by atoms with Gasteiger partial charge in [0.25, 0.3) is 0 Å². The van der Waals surface area contributed by atoms with Crippen molar-refractivity contribution in [1.82, 2.24) is 25.0 Å². The Hall–Kier alpha value is -2.08. The zero-order valence-corrected chi connectivity index (χ0v) is 17.8. The van der Waals surface area contributed by atoms with Gasteiger partial charge in [-0.3, -0.25) is 4.99 Å². The van der Waals surface area contributed by atoms with Crippen molar-refractivity contribution < 1.29 is 0 Å². The number of aromatic nitrogens is 3. The number of aryl methyl sites for hydroxylation is 2. The molecule has 3 rings (SSSR count). The number of benzene rings is 1. The van der Waals surface area contributed by atoms with Gasteiger partial charge in [0.05, 0.1) is 0 Å². The summed E-state index contributed by atoms with van der Waals surface area (Å²) in [6.07, 6.45) is 6.69. The SMILES string of the molecule is CCNC(=NCCCc1nnc2n1CCCCC2)N(C)Cc1ccccc1Cl. The van der Waals surface area contributed by atoms with Gasteiger partial charge in [-0.2, -0.15) is 0 Å². The molecule has 1 aliphatic rings. The number of hydrogen-bond donors (Lipinski definition) is 1. The largest absolute Gasteiger partial charge is 0.357 e. The molecule has 0 bridgehead atoms. The van der Waals surface area contributed by atoms with Gasteiger partial charge in [-0.25, -0.2) is 0 Å².